The molecule has 0 radical (unpaired) electrons. The lowest BCUT2D eigenvalue weighted by Gasteiger charge is -2.09. The molecule has 1 heterocycles. The minimum absolute atomic E-state index is 0.142. The molecule has 1 aliphatic rings. The van der Waals surface area contributed by atoms with Crippen LogP contribution in [0.1, 0.15) is 33.8 Å². The Hall–Kier alpha value is -4.06. The number of amides is 1. The number of ether oxygens (including phenoxy) is 1. The molecule has 0 spiro atoms. The van der Waals surface area contributed by atoms with Gasteiger partial charge in [0.2, 0.25) is 5.91 Å². The molecular weight excluding hydrogens is 419 g/mol. The predicted octanol–water partition coefficient (Wildman–Crippen LogP) is 5.47. The summed E-state index contributed by atoms with van der Waals surface area (Å²) in [5.74, 6) is -1.72. The number of carbonyl (C=O) groups is 2. The lowest BCUT2D eigenvalue weighted by molar-refractivity contribution is -0.117. The zero-order valence-electron chi connectivity index (χ0n) is 17.7. The highest BCUT2D eigenvalue weighted by Crippen LogP contribution is 2.49. The van der Waals surface area contributed by atoms with Crippen LogP contribution in [0.4, 0.5) is 10.1 Å². The molecule has 0 bridgehead atoms. The fourth-order valence-corrected chi connectivity index (χ4v) is 3.99. The summed E-state index contributed by atoms with van der Waals surface area (Å²) in [6.45, 7) is 0.142. The van der Waals surface area contributed by atoms with Gasteiger partial charge in [-0.15, -0.1) is 0 Å². The molecule has 6 heteroatoms. The first-order valence-electron chi connectivity index (χ1n) is 10.7. The average Bonchev–Trinajstić information content (AvgIpc) is 3.64. The highest BCUT2D eigenvalue weighted by molar-refractivity contribution is 5.97. The molecule has 2 atom stereocenters. The maximum Gasteiger partial charge on any atom is 0.338 e. The fourth-order valence-electron chi connectivity index (χ4n) is 3.99. The molecule has 1 aliphatic carbocycles. The van der Waals surface area contributed by atoms with Crippen LogP contribution in [0.15, 0.2) is 85.2 Å². The Kier molecular flexibility index (Phi) is 5.57. The van der Waals surface area contributed by atoms with Crippen molar-refractivity contribution < 1.29 is 18.7 Å². The number of carbonyl (C=O) groups excluding carboxylic acids is 2. The minimum Gasteiger partial charge on any atom is -0.457 e. The molecular formula is C27H21FN2O3. The molecule has 0 saturated heterocycles. The Morgan fingerprint density at radius 1 is 1.00 bits per heavy atom. The maximum atomic E-state index is 14.5. The molecule has 3 aromatic carbocycles. The van der Waals surface area contributed by atoms with Crippen molar-refractivity contribution in [2.45, 2.75) is 18.9 Å². The van der Waals surface area contributed by atoms with Crippen molar-refractivity contribution in [3.8, 4) is 0 Å². The zero-order valence-corrected chi connectivity index (χ0v) is 17.7. The van der Waals surface area contributed by atoms with E-state index in [1.807, 2.05) is 54.6 Å². The Labute approximate surface area is 190 Å². The lowest BCUT2D eigenvalue weighted by atomic mass is 10.0. The van der Waals surface area contributed by atoms with E-state index in [1.165, 1.54) is 18.2 Å². The van der Waals surface area contributed by atoms with Gasteiger partial charge in [-0.3, -0.25) is 9.78 Å². The number of nitrogens with zero attached hydrogens (tertiary/aromatic N) is 1. The molecule has 5 nitrogen and oxygen atoms in total. The van der Waals surface area contributed by atoms with Crippen LogP contribution in [-0.4, -0.2) is 16.9 Å². The van der Waals surface area contributed by atoms with Gasteiger partial charge in [-0.2, -0.15) is 0 Å². The van der Waals surface area contributed by atoms with Crippen molar-refractivity contribution in [1.82, 2.24) is 4.98 Å². The van der Waals surface area contributed by atoms with Gasteiger partial charge >= 0.3 is 5.97 Å². The molecule has 1 fully saturated rings. The highest BCUT2D eigenvalue weighted by atomic mass is 19.1. The molecule has 5 rings (SSSR count). The first-order valence-corrected chi connectivity index (χ1v) is 10.7. The van der Waals surface area contributed by atoms with Gasteiger partial charge in [-0.1, -0.05) is 36.4 Å². The summed E-state index contributed by atoms with van der Waals surface area (Å²) < 4.78 is 19.9. The smallest absolute Gasteiger partial charge is 0.338 e. The minimum atomic E-state index is -0.521. The van der Waals surface area contributed by atoms with E-state index >= 15 is 0 Å². The lowest BCUT2D eigenvalue weighted by Crippen LogP contribution is -2.15. The third-order valence-electron chi connectivity index (χ3n) is 5.88. The van der Waals surface area contributed by atoms with Crippen LogP contribution in [0.5, 0.6) is 0 Å². The number of halogens is 1. The molecule has 1 amide bonds. The van der Waals surface area contributed by atoms with E-state index < -0.39 is 11.8 Å². The van der Waals surface area contributed by atoms with Crippen molar-refractivity contribution in [3.63, 3.8) is 0 Å². The second-order valence-corrected chi connectivity index (χ2v) is 8.17. The van der Waals surface area contributed by atoms with Gasteiger partial charge in [0.05, 0.1) is 5.56 Å². The number of hydrogen-bond acceptors (Lipinski definition) is 4. The van der Waals surface area contributed by atoms with E-state index in [1.54, 1.807) is 12.4 Å². The van der Waals surface area contributed by atoms with Crippen LogP contribution in [0.2, 0.25) is 0 Å². The van der Waals surface area contributed by atoms with Crippen molar-refractivity contribution in [3.05, 3.63) is 108 Å². The van der Waals surface area contributed by atoms with Gasteiger partial charge in [-0.05, 0) is 65.3 Å². The number of hydrogen-bond donors (Lipinski definition) is 1. The number of anilines is 1. The first kappa shape index (κ1) is 20.8. The van der Waals surface area contributed by atoms with Crippen molar-refractivity contribution in [1.29, 1.82) is 0 Å². The van der Waals surface area contributed by atoms with E-state index in [0.29, 0.717) is 17.7 Å². The number of benzene rings is 3. The second kappa shape index (κ2) is 8.82. The standard InChI is InChI=1S/C27H21FN2O3/c28-25-9-7-19(27(32)33-16-17-4-2-1-3-5-17)13-23(25)22-14-24(22)26(31)30-21-8-6-20-15-29-11-10-18(20)12-21/h1-13,15,22,24H,14,16H2,(H,30,31)/t22-,24+/m0/s1. The third kappa shape index (κ3) is 4.60. The van der Waals surface area contributed by atoms with Crippen molar-refractivity contribution in [2.75, 3.05) is 5.32 Å². The monoisotopic (exact) mass is 440 g/mol. The van der Waals surface area contributed by atoms with E-state index in [2.05, 4.69) is 10.3 Å². The molecule has 4 aromatic rings. The van der Waals surface area contributed by atoms with Crippen LogP contribution in [0.3, 0.4) is 0 Å². The number of esters is 1. The summed E-state index contributed by atoms with van der Waals surface area (Å²) in [4.78, 5) is 29.3. The quantitative estimate of drug-likeness (QED) is 0.404. The molecule has 1 saturated carbocycles. The molecule has 0 aliphatic heterocycles. The number of fused-ring (bicyclic) bond motifs is 1. The normalized spacial score (nSPS) is 16.9. The summed E-state index contributed by atoms with van der Waals surface area (Å²) in [7, 11) is 0. The van der Waals surface area contributed by atoms with Gasteiger partial charge in [0.1, 0.15) is 12.4 Å². The predicted molar refractivity (Wildman–Crippen MR) is 123 cm³/mol. The third-order valence-corrected chi connectivity index (χ3v) is 5.88. The first-order chi connectivity index (χ1) is 16.1. The fraction of sp³-hybridized carbons (Fsp3) is 0.148. The molecule has 1 aromatic heterocycles. The highest BCUT2D eigenvalue weighted by Gasteiger charge is 2.45. The van der Waals surface area contributed by atoms with Gasteiger partial charge in [0.25, 0.3) is 0 Å². The summed E-state index contributed by atoms with van der Waals surface area (Å²) in [5, 5.41) is 4.88. The largest absolute Gasteiger partial charge is 0.457 e. The molecule has 1 N–H and O–H groups in total. The maximum absolute atomic E-state index is 14.5. The van der Waals surface area contributed by atoms with Gasteiger partial charge in [0, 0.05) is 29.4 Å². The van der Waals surface area contributed by atoms with Crippen molar-refractivity contribution in [2.24, 2.45) is 5.92 Å². The summed E-state index contributed by atoms with van der Waals surface area (Å²) in [6, 6.07) is 21.0. The van der Waals surface area contributed by atoms with E-state index in [9.17, 15) is 14.0 Å². The SMILES string of the molecule is O=C(OCc1ccccc1)c1ccc(F)c([C@@H]2C[C@H]2C(=O)Nc2ccc3cnccc3c2)c1. The molecule has 33 heavy (non-hydrogen) atoms. The van der Waals surface area contributed by atoms with E-state index in [-0.39, 0.29) is 29.9 Å². The Balaban J connectivity index is 1.25. The number of rotatable bonds is 6. The topological polar surface area (TPSA) is 68.3 Å². The number of nitrogens with one attached hydrogen (secondary N) is 1. The Morgan fingerprint density at radius 2 is 1.85 bits per heavy atom. The zero-order chi connectivity index (χ0) is 22.8. The average molecular weight is 440 g/mol. The number of aromatic nitrogens is 1. The van der Waals surface area contributed by atoms with Crippen LogP contribution in [0, 0.1) is 11.7 Å². The van der Waals surface area contributed by atoms with Crippen LogP contribution in [0.25, 0.3) is 10.8 Å². The van der Waals surface area contributed by atoms with Crippen molar-refractivity contribution >= 4 is 28.3 Å². The molecule has 164 valence electrons. The summed E-state index contributed by atoms with van der Waals surface area (Å²) >= 11 is 0. The van der Waals surface area contributed by atoms with Gasteiger partial charge in [-0.25, -0.2) is 9.18 Å². The van der Waals surface area contributed by atoms with Crippen LogP contribution < -0.4 is 5.32 Å². The Morgan fingerprint density at radius 3 is 2.70 bits per heavy atom. The number of pyridine rings is 1. The van der Waals surface area contributed by atoms with Crippen LogP contribution >= 0.6 is 0 Å². The molecule has 0 unspecified atom stereocenters. The van der Waals surface area contributed by atoms with E-state index in [4.69, 9.17) is 4.74 Å². The van der Waals surface area contributed by atoms with E-state index in [0.717, 1.165) is 16.3 Å². The van der Waals surface area contributed by atoms with Gasteiger partial charge < -0.3 is 10.1 Å². The summed E-state index contributed by atoms with van der Waals surface area (Å²) in [5.41, 5.74) is 2.20. The Bertz CT molecular complexity index is 1340. The second-order valence-electron chi connectivity index (χ2n) is 8.17. The van der Waals surface area contributed by atoms with Crippen LogP contribution in [-0.2, 0) is 16.1 Å². The van der Waals surface area contributed by atoms with Gasteiger partial charge in [0.15, 0.2) is 0 Å². The summed E-state index contributed by atoms with van der Waals surface area (Å²) in [6.07, 6.45) is 3.99.